The van der Waals surface area contributed by atoms with E-state index < -0.39 is 0 Å². The Bertz CT molecular complexity index is 450. The van der Waals surface area contributed by atoms with Crippen LogP contribution in [0, 0.1) is 0 Å². The molecule has 0 radical (unpaired) electrons. The van der Waals surface area contributed by atoms with Crippen LogP contribution in [-0.4, -0.2) is 10.2 Å². The lowest BCUT2D eigenvalue weighted by Crippen LogP contribution is -2.22. The van der Waals surface area contributed by atoms with Gasteiger partial charge in [-0.25, -0.2) is 0 Å². The van der Waals surface area contributed by atoms with Crippen molar-refractivity contribution in [1.82, 2.24) is 15.5 Å². The summed E-state index contributed by atoms with van der Waals surface area (Å²) in [6.07, 6.45) is 1.76. The van der Waals surface area contributed by atoms with Gasteiger partial charge in [0.2, 0.25) is 0 Å². The van der Waals surface area contributed by atoms with Gasteiger partial charge in [0.25, 0.3) is 0 Å². The first-order valence-corrected chi connectivity index (χ1v) is 6.05. The van der Waals surface area contributed by atoms with Crippen molar-refractivity contribution < 1.29 is 0 Å². The van der Waals surface area contributed by atoms with Crippen LogP contribution >= 0.6 is 11.6 Å². The van der Waals surface area contributed by atoms with Crippen LogP contribution in [0.25, 0.3) is 0 Å². The zero-order chi connectivity index (χ0) is 12.3. The van der Waals surface area contributed by atoms with Gasteiger partial charge >= 0.3 is 0 Å². The smallest absolute Gasteiger partial charge is 0.0518 e. The van der Waals surface area contributed by atoms with E-state index in [0.29, 0.717) is 0 Å². The third-order valence-electron chi connectivity index (χ3n) is 2.86. The van der Waals surface area contributed by atoms with Crippen LogP contribution in [0.4, 0.5) is 0 Å². The Labute approximate surface area is 106 Å². The van der Waals surface area contributed by atoms with Crippen LogP contribution in [0.15, 0.2) is 36.5 Å². The first-order chi connectivity index (χ1) is 8.16. The number of aromatic amines is 1. The molecule has 0 saturated heterocycles. The number of nitrogens with one attached hydrogen (secondary N) is 2. The van der Waals surface area contributed by atoms with Gasteiger partial charge in [0.15, 0.2) is 0 Å². The monoisotopic (exact) mass is 249 g/mol. The molecule has 0 aliphatic heterocycles. The van der Waals surface area contributed by atoms with Crippen molar-refractivity contribution in [2.75, 3.05) is 0 Å². The van der Waals surface area contributed by atoms with Crippen LogP contribution in [0.5, 0.6) is 0 Å². The van der Waals surface area contributed by atoms with Crippen molar-refractivity contribution in [2.24, 2.45) is 0 Å². The number of nitrogens with zero attached hydrogens (tertiary/aromatic N) is 1. The summed E-state index contributed by atoms with van der Waals surface area (Å²) in [5.74, 6) is 0. The summed E-state index contributed by atoms with van der Waals surface area (Å²) < 4.78 is 0. The fraction of sp³-hybridized carbons (Fsp3) is 0.308. The highest BCUT2D eigenvalue weighted by molar-refractivity contribution is 6.30. The van der Waals surface area contributed by atoms with Crippen LogP contribution < -0.4 is 5.32 Å². The van der Waals surface area contributed by atoms with Gasteiger partial charge < -0.3 is 5.32 Å². The molecule has 0 bridgehead atoms. The Hall–Kier alpha value is -1.32. The van der Waals surface area contributed by atoms with Crippen LogP contribution in [0.3, 0.4) is 0 Å². The van der Waals surface area contributed by atoms with E-state index in [0.717, 1.165) is 10.7 Å². The number of hydrogen-bond acceptors (Lipinski definition) is 2. The van der Waals surface area contributed by atoms with E-state index in [2.05, 4.69) is 29.4 Å². The highest BCUT2D eigenvalue weighted by Gasteiger charge is 2.11. The van der Waals surface area contributed by atoms with E-state index in [9.17, 15) is 0 Å². The molecule has 2 atom stereocenters. The summed E-state index contributed by atoms with van der Waals surface area (Å²) in [5.41, 5.74) is 2.31. The van der Waals surface area contributed by atoms with Crippen molar-refractivity contribution in [3.05, 3.63) is 52.8 Å². The number of H-pyrrole nitrogens is 1. The fourth-order valence-electron chi connectivity index (χ4n) is 1.82. The molecule has 0 fully saturated rings. The van der Waals surface area contributed by atoms with E-state index >= 15 is 0 Å². The summed E-state index contributed by atoms with van der Waals surface area (Å²) in [5, 5.41) is 11.2. The van der Waals surface area contributed by atoms with Crippen molar-refractivity contribution in [2.45, 2.75) is 25.9 Å². The molecular weight excluding hydrogens is 234 g/mol. The van der Waals surface area contributed by atoms with Crippen molar-refractivity contribution in [1.29, 1.82) is 0 Å². The van der Waals surface area contributed by atoms with E-state index in [4.69, 9.17) is 11.6 Å². The van der Waals surface area contributed by atoms with Crippen LogP contribution in [0.1, 0.15) is 37.2 Å². The zero-order valence-electron chi connectivity index (χ0n) is 9.94. The molecule has 0 amide bonds. The minimum Gasteiger partial charge on any atom is -0.302 e. The largest absolute Gasteiger partial charge is 0.302 e. The molecule has 1 unspecified atom stereocenters. The number of aromatic nitrogens is 2. The van der Waals surface area contributed by atoms with Gasteiger partial charge in [-0.1, -0.05) is 23.7 Å². The molecule has 0 aliphatic carbocycles. The summed E-state index contributed by atoms with van der Waals surface area (Å²) >= 11 is 5.87. The predicted octanol–water partition coefficient (Wildman–Crippen LogP) is 3.47. The van der Waals surface area contributed by atoms with Gasteiger partial charge in [0.05, 0.1) is 5.69 Å². The van der Waals surface area contributed by atoms with Crippen LogP contribution in [0.2, 0.25) is 5.02 Å². The standard InChI is InChI=1S/C13H16ClN3/c1-9(11-3-5-12(14)6-4-11)16-10(2)13-7-8-15-17-13/h3-10,16H,1-2H3,(H,15,17)/t9-,10?/m0/s1. The second kappa shape index (κ2) is 5.34. The topological polar surface area (TPSA) is 40.7 Å². The highest BCUT2D eigenvalue weighted by Crippen LogP contribution is 2.19. The van der Waals surface area contributed by atoms with E-state index in [1.165, 1.54) is 5.56 Å². The number of halogens is 1. The molecule has 90 valence electrons. The highest BCUT2D eigenvalue weighted by atomic mass is 35.5. The normalized spacial score (nSPS) is 14.5. The third kappa shape index (κ3) is 3.08. The molecule has 0 spiro atoms. The van der Waals surface area contributed by atoms with Crippen LogP contribution in [-0.2, 0) is 0 Å². The molecule has 0 aliphatic rings. The second-order valence-corrected chi connectivity index (χ2v) is 4.61. The van der Waals surface area contributed by atoms with Gasteiger partial charge in [0, 0.05) is 23.3 Å². The van der Waals surface area contributed by atoms with Gasteiger partial charge in [-0.2, -0.15) is 5.10 Å². The Morgan fingerprint density at radius 3 is 2.41 bits per heavy atom. The predicted molar refractivity (Wildman–Crippen MR) is 70.0 cm³/mol. The van der Waals surface area contributed by atoms with Gasteiger partial charge in [0.1, 0.15) is 0 Å². The van der Waals surface area contributed by atoms with E-state index in [1.54, 1.807) is 6.20 Å². The maximum absolute atomic E-state index is 5.87. The van der Waals surface area contributed by atoms with Gasteiger partial charge in [-0.15, -0.1) is 0 Å². The Kier molecular flexibility index (Phi) is 3.82. The Morgan fingerprint density at radius 1 is 1.12 bits per heavy atom. The fourth-order valence-corrected chi connectivity index (χ4v) is 1.95. The van der Waals surface area contributed by atoms with Crippen molar-refractivity contribution in [3.63, 3.8) is 0 Å². The van der Waals surface area contributed by atoms with Crippen molar-refractivity contribution >= 4 is 11.6 Å². The van der Waals surface area contributed by atoms with E-state index in [-0.39, 0.29) is 12.1 Å². The SMILES string of the molecule is CC(N[C@@H](C)c1ccc(Cl)cc1)c1ccn[nH]1. The maximum Gasteiger partial charge on any atom is 0.0518 e. The summed E-state index contributed by atoms with van der Waals surface area (Å²) in [6.45, 7) is 4.25. The molecule has 4 heteroatoms. The maximum atomic E-state index is 5.87. The molecule has 17 heavy (non-hydrogen) atoms. The molecule has 2 aromatic rings. The third-order valence-corrected chi connectivity index (χ3v) is 3.11. The quantitative estimate of drug-likeness (QED) is 0.871. The minimum atomic E-state index is 0.239. The summed E-state index contributed by atoms with van der Waals surface area (Å²) in [4.78, 5) is 0. The zero-order valence-corrected chi connectivity index (χ0v) is 10.7. The second-order valence-electron chi connectivity index (χ2n) is 4.17. The molecule has 3 nitrogen and oxygen atoms in total. The first-order valence-electron chi connectivity index (χ1n) is 5.67. The molecule has 1 aromatic heterocycles. The lowest BCUT2D eigenvalue weighted by Gasteiger charge is -2.19. The molecule has 1 heterocycles. The number of rotatable bonds is 4. The number of hydrogen-bond donors (Lipinski definition) is 2. The minimum absolute atomic E-state index is 0.239. The molecule has 0 saturated carbocycles. The van der Waals surface area contributed by atoms with E-state index in [1.807, 2.05) is 30.3 Å². The average Bonchev–Trinajstić information content (AvgIpc) is 2.83. The lowest BCUT2D eigenvalue weighted by molar-refractivity contribution is 0.486. The number of benzene rings is 1. The van der Waals surface area contributed by atoms with Gasteiger partial charge in [-0.3, -0.25) is 5.10 Å². The van der Waals surface area contributed by atoms with Crippen molar-refractivity contribution in [3.8, 4) is 0 Å². The molecular formula is C13H16ClN3. The molecule has 2 N–H and O–H groups in total. The lowest BCUT2D eigenvalue weighted by atomic mass is 10.1. The Morgan fingerprint density at radius 2 is 1.82 bits per heavy atom. The summed E-state index contributed by atoms with van der Waals surface area (Å²) in [7, 11) is 0. The Balaban J connectivity index is 2.01. The summed E-state index contributed by atoms with van der Waals surface area (Å²) in [6, 6.07) is 10.4. The molecule has 2 rings (SSSR count). The average molecular weight is 250 g/mol. The first kappa shape index (κ1) is 12.1. The molecule has 1 aromatic carbocycles. The van der Waals surface area contributed by atoms with Gasteiger partial charge in [-0.05, 0) is 37.6 Å².